The van der Waals surface area contributed by atoms with Gasteiger partial charge >= 0.3 is 0 Å². The van der Waals surface area contributed by atoms with Crippen LogP contribution in [0, 0.1) is 0 Å². The van der Waals surface area contributed by atoms with Gasteiger partial charge in [0.05, 0.1) is 6.67 Å². The van der Waals surface area contributed by atoms with Gasteiger partial charge in [0, 0.05) is 15.2 Å². The average molecular weight is 423 g/mol. The third-order valence-corrected chi connectivity index (χ3v) is 4.53. The first-order valence-electron chi connectivity index (χ1n) is 7.12. The SMILES string of the molecule is O=C1/C(=C\c2ccc(Br)cc2)NC(=S)N1CNc1ccc(Cl)cc1. The van der Waals surface area contributed by atoms with Crippen LogP contribution >= 0.6 is 39.7 Å². The Morgan fingerprint density at radius 1 is 1.17 bits per heavy atom. The zero-order valence-electron chi connectivity index (χ0n) is 12.4. The second-order valence-corrected chi connectivity index (χ2v) is 6.85. The smallest absolute Gasteiger partial charge is 0.278 e. The Labute approximate surface area is 158 Å². The highest BCUT2D eigenvalue weighted by Gasteiger charge is 2.30. The lowest BCUT2D eigenvalue weighted by atomic mass is 10.2. The molecule has 0 saturated carbocycles. The minimum Gasteiger partial charge on any atom is -0.367 e. The molecule has 1 aliphatic heterocycles. The van der Waals surface area contributed by atoms with Gasteiger partial charge in [-0.1, -0.05) is 39.7 Å². The lowest BCUT2D eigenvalue weighted by Gasteiger charge is -2.15. The molecule has 0 aliphatic carbocycles. The van der Waals surface area contributed by atoms with Crippen molar-refractivity contribution in [3.8, 4) is 0 Å². The molecule has 2 aromatic carbocycles. The van der Waals surface area contributed by atoms with Gasteiger partial charge in [-0.3, -0.25) is 9.69 Å². The Kier molecular flexibility index (Phi) is 5.18. The molecule has 4 nitrogen and oxygen atoms in total. The Hall–Kier alpha value is -1.89. The van der Waals surface area contributed by atoms with E-state index in [1.165, 1.54) is 4.90 Å². The number of halogens is 2. The molecule has 0 radical (unpaired) electrons. The van der Waals surface area contributed by atoms with Crippen molar-refractivity contribution < 1.29 is 4.79 Å². The topological polar surface area (TPSA) is 44.4 Å². The molecule has 1 heterocycles. The van der Waals surface area contributed by atoms with Crippen molar-refractivity contribution in [3.63, 3.8) is 0 Å². The molecule has 1 amide bonds. The van der Waals surface area contributed by atoms with Gasteiger partial charge in [-0.05, 0) is 60.3 Å². The maximum absolute atomic E-state index is 12.5. The fourth-order valence-electron chi connectivity index (χ4n) is 2.18. The molecule has 0 atom stereocenters. The first-order chi connectivity index (χ1) is 11.5. The first kappa shape index (κ1) is 17.0. The van der Waals surface area contributed by atoms with E-state index in [9.17, 15) is 4.79 Å². The Morgan fingerprint density at radius 2 is 1.83 bits per heavy atom. The van der Waals surface area contributed by atoms with E-state index in [1.54, 1.807) is 18.2 Å². The molecule has 0 spiro atoms. The van der Waals surface area contributed by atoms with E-state index in [1.807, 2.05) is 36.4 Å². The van der Waals surface area contributed by atoms with Gasteiger partial charge in [0.1, 0.15) is 5.70 Å². The number of anilines is 1. The number of carbonyl (C=O) groups is 1. The minimum atomic E-state index is -0.163. The van der Waals surface area contributed by atoms with Crippen LogP contribution in [-0.4, -0.2) is 22.6 Å². The summed E-state index contributed by atoms with van der Waals surface area (Å²) in [7, 11) is 0. The average Bonchev–Trinajstić information content (AvgIpc) is 2.83. The molecule has 24 heavy (non-hydrogen) atoms. The van der Waals surface area contributed by atoms with Crippen LogP contribution in [0.1, 0.15) is 5.56 Å². The van der Waals surface area contributed by atoms with Gasteiger partial charge in [0.15, 0.2) is 5.11 Å². The zero-order chi connectivity index (χ0) is 17.1. The maximum Gasteiger partial charge on any atom is 0.278 e. The predicted octanol–water partition coefficient (Wildman–Crippen LogP) is 4.23. The monoisotopic (exact) mass is 421 g/mol. The minimum absolute atomic E-state index is 0.163. The third-order valence-electron chi connectivity index (χ3n) is 3.43. The summed E-state index contributed by atoms with van der Waals surface area (Å²) in [5.74, 6) is -0.163. The summed E-state index contributed by atoms with van der Waals surface area (Å²) in [6.07, 6.45) is 1.78. The van der Waals surface area contributed by atoms with Crippen molar-refractivity contribution in [1.29, 1.82) is 0 Å². The molecule has 0 aromatic heterocycles. The van der Waals surface area contributed by atoms with Crippen LogP contribution in [0.15, 0.2) is 58.7 Å². The number of thiocarbonyl (C=S) groups is 1. The number of amides is 1. The molecule has 1 saturated heterocycles. The highest BCUT2D eigenvalue weighted by atomic mass is 79.9. The number of nitrogens with one attached hydrogen (secondary N) is 2. The number of nitrogens with zero attached hydrogens (tertiary/aromatic N) is 1. The fourth-order valence-corrected chi connectivity index (χ4v) is 2.83. The Morgan fingerprint density at radius 3 is 2.50 bits per heavy atom. The van der Waals surface area contributed by atoms with Gasteiger partial charge in [-0.15, -0.1) is 0 Å². The molecule has 7 heteroatoms. The number of hydrogen-bond acceptors (Lipinski definition) is 3. The number of carbonyl (C=O) groups excluding carboxylic acids is 1. The summed E-state index contributed by atoms with van der Waals surface area (Å²) in [4.78, 5) is 14.0. The van der Waals surface area contributed by atoms with Crippen LogP contribution in [0.5, 0.6) is 0 Å². The molecule has 1 fully saturated rings. The lowest BCUT2D eigenvalue weighted by Crippen LogP contribution is -2.35. The van der Waals surface area contributed by atoms with Gasteiger partial charge in [0.25, 0.3) is 5.91 Å². The van der Waals surface area contributed by atoms with Crippen molar-refractivity contribution in [3.05, 3.63) is 69.3 Å². The molecule has 0 bridgehead atoms. The molecular formula is C17H13BrClN3OS. The van der Waals surface area contributed by atoms with E-state index in [0.29, 0.717) is 15.8 Å². The van der Waals surface area contributed by atoms with E-state index in [4.69, 9.17) is 23.8 Å². The van der Waals surface area contributed by atoms with Crippen molar-refractivity contribution in [2.75, 3.05) is 12.0 Å². The summed E-state index contributed by atoms with van der Waals surface area (Å²) in [6, 6.07) is 14.9. The van der Waals surface area contributed by atoms with Crippen LogP contribution in [-0.2, 0) is 4.79 Å². The van der Waals surface area contributed by atoms with E-state index in [0.717, 1.165) is 15.7 Å². The van der Waals surface area contributed by atoms with Crippen LogP contribution in [0.3, 0.4) is 0 Å². The van der Waals surface area contributed by atoms with Gasteiger partial charge in [-0.2, -0.15) is 0 Å². The molecule has 122 valence electrons. The molecule has 2 N–H and O–H groups in total. The van der Waals surface area contributed by atoms with Crippen molar-refractivity contribution in [2.45, 2.75) is 0 Å². The van der Waals surface area contributed by atoms with Gasteiger partial charge in [0.2, 0.25) is 0 Å². The maximum atomic E-state index is 12.5. The summed E-state index contributed by atoms with van der Waals surface area (Å²) >= 11 is 14.5. The number of rotatable bonds is 4. The molecular weight excluding hydrogens is 410 g/mol. The third kappa shape index (κ3) is 3.95. The summed E-state index contributed by atoms with van der Waals surface area (Å²) in [5, 5.41) is 7.15. The normalized spacial score (nSPS) is 15.8. The van der Waals surface area contributed by atoms with Crippen LogP contribution < -0.4 is 10.6 Å². The second-order valence-electron chi connectivity index (χ2n) is 5.11. The van der Waals surface area contributed by atoms with E-state index >= 15 is 0 Å². The van der Waals surface area contributed by atoms with E-state index in [-0.39, 0.29) is 12.6 Å². The van der Waals surface area contributed by atoms with E-state index < -0.39 is 0 Å². The molecule has 2 aromatic rings. The highest BCUT2D eigenvalue weighted by Crippen LogP contribution is 2.18. The van der Waals surface area contributed by atoms with Crippen LogP contribution in [0.4, 0.5) is 5.69 Å². The lowest BCUT2D eigenvalue weighted by molar-refractivity contribution is -0.122. The number of benzene rings is 2. The zero-order valence-corrected chi connectivity index (χ0v) is 15.6. The first-order valence-corrected chi connectivity index (χ1v) is 8.70. The summed E-state index contributed by atoms with van der Waals surface area (Å²) in [6.45, 7) is 0.282. The van der Waals surface area contributed by atoms with Crippen molar-refractivity contribution in [1.82, 2.24) is 10.2 Å². The van der Waals surface area contributed by atoms with E-state index in [2.05, 4.69) is 26.6 Å². The predicted molar refractivity (Wildman–Crippen MR) is 105 cm³/mol. The van der Waals surface area contributed by atoms with Gasteiger partial charge in [-0.25, -0.2) is 0 Å². The molecule has 1 aliphatic rings. The standard InChI is InChI=1S/C17H13BrClN3OS/c18-12-3-1-11(2-4-12)9-15-16(23)22(17(24)21-15)10-20-14-7-5-13(19)6-8-14/h1-9,20H,10H2,(H,21,24)/b15-9+. The van der Waals surface area contributed by atoms with Gasteiger partial charge < -0.3 is 10.6 Å². The summed E-state index contributed by atoms with van der Waals surface area (Å²) in [5.41, 5.74) is 2.24. The second kappa shape index (κ2) is 7.34. The summed E-state index contributed by atoms with van der Waals surface area (Å²) < 4.78 is 0.986. The molecule has 0 unspecified atom stereocenters. The highest BCUT2D eigenvalue weighted by molar-refractivity contribution is 9.10. The van der Waals surface area contributed by atoms with Crippen molar-refractivity contribution >= 4 is 62.5 Å². The molecule has 3 rings (SSSR count). The fraction of sp³-hybridized carbons (Fsp3) is 0.0588. The Balaban J connectivity index is 1.69. The van der Waals surface area contributed by atoms with Crippen molar-refractivity contribution in [2.24, 2.45) is 0 Å². The Bertz CT molecular complexity index is 806. The largest absolute Gasteiger partial charge is 0.367 e. The number of hydrogen-bond donors (Lipinski definition) is 2. The van der Waals surface area contributed by atoms with Crippen LogP contribution in [0.25, 0.3) is 6.08 Å². The quantitative estimate of drug-likeness (QED) is 0.572. The van der Waals surface area contributed by atoms with Crippen LogP contribution in [0.2, 0.25) is 5.02 Å².